The molecule has 1 aromatic carbocycles. The molecule has 0 aromatic heterocycles. The predicted octanol–water partition coefficient (Wildman–Crippen LogP) is 0.806. The van der Waals surface area contributed by atoms with Crippen LogP contribution in [-0.2, 0) is 19.6 Å². The average Bonchev–Trinajstić information content (AvgIpc) is 2.30. The fourth-order valence-corrected chi connectivity index (χ4v) is 2.07. The minimum Gasteiger partial charge on any atom is -0.465 e. The van der Waals surface area contributed by atoms with Crippen molar-refractivity contribution in [2.45, 2.75) is 11.8 Å². The third-order valence-electron chi connectivity index (χ3n) is 1.91. The zero-order valence-corrected chi connectivity index (χ0v) is 10.3. The van der Waals surface area contributed by atoms with E-state index in [-0.39, 0.29) is 6.61 Å². The first-order chi connectivity index (χ1) is 8.36. The Hall–Kier alpha value is -1.54. The lowest BCUT2D eigenvalue weighted by atomic mass is 10.3. The summed E-state index contributed by atoms with van der Waals surface area (Å²) in [7, 11) is -4.07. The lowest BCUT2D eigenvalue weighted by molar-refractivity contribution is -0.141. The Bertz CT molecular complexity index is 545. The van der Waals surface area contributed by atoms with Crippen molar-refractivity contribution in [1.82, 2.24) is 4.72 Å². The van der Waals surface area contributed by atoms with Crippen LogP contribution >= 0.6 is 0 Å². The van der Waals surface area contributed by atoms with Crippen LogP contribution < -0.4 is 4.72 Å². The molecule has 0 aliphatic carbocycles. The first kappa shape index (κ1) is 14.5. The second-order valence-corrected chi connectivity index (χ2v) is 4.97. The molecule has 5 nitrogen and oxygen atoms in total. The molecule has 0 spiro atoms. The highest BCUT2D eigenvalue weighted by Crippen LogP contribution is 2.13. The fourth-order valence-electron chi connectivity index (χ4n) is 1.09. The van der Waals surface area contributed by atoms with Gasteiger partial charge in [0, 0.05) is 0 Å². The first-order valence-electron chi connectivity index (χ1n) is 4.97. The van der Waals surface area contributed by atoms with E-state index in [0.717, 1.165) is 6.07 Å². The number of ether oxygens (including phenoxy) is 1. The summed E-state index contributed by atoms with van der Waals surface area (Å²) in [6.45, 7) is 1.11. The quantitative estimate of drug-likeness (QED) is 0.809. The molecule has 0 heterocycles. The standard InChI is InChI=1S/C10H11F2NO4S/c1-2-17-10(14)6-13-18(15,16)7-3-4-8(11)9(12)5-7/h3-5,13H,2,6H2,1H3. The Morgan fingerprint density at radius 3 is 2.56 bits per heavy atom. The second kappa shape index (κ2) is 5.87. The Kier molecular flexibility index (Phi) is 4.74. The third kappa shape index (κ3) is 3.74. The highest BCUT2D eigenvalue weighted by molar-refractivity contribution is 7.89. The minimum atomic E-state index is -4.07. The van der Waals surface area contributed by atoms with Gasteiger partial charge in [0.2, 0.25) is 10.0 Å². The molecule has 0 aliphatic rings. The van der Waals surface area contributed by atoms with E-state index in [1.165, 1.54) is 0 Å². The number of rotatable bonds is 5. The molecule has 1 rings (SSSR count). The zero-order valence-electron chi connectivity index (χ0n) is 9.44. The number of hydrogen-bond acceptors (Lipinski definition) is 4. The molecule has 0 atom stereocenters. The van der Waals surface area contributed by atoms with Crippen LogP contribution in [0.5, 0.6) is 0 Å². The van der Waals surface area contributed by atoms with Crippen LogP contribution in [0.25, 0.3) is 0 Å². The summed E-state index contributed by atoms with van der Waals surface area (Å²) < 4.78 is 55.1. The number of esters is 1. The van der Waals surface area contributed by atoms with E-state index in [1.807, 2.05) is 4.72 Å². The topological polar surface area (TPSA) is 72.5 Å². The number of hydrogen-bond donors (Lipinski definition) is 1. The maximum atomic E-state index is 12.9. The van der Waals surface area contributed by atoms with Gasteiger partial charge in [-0.25, -0.2) is 17.2 Å². The van der Waals surface area contributed by atoms with Crippen LogP contribution in [0.4, 0.5) is 8.78 Å². The summed E-state index contributed by atoms with van der Waals surface area (Å²) >= 11 is 0. The fraction of sp³-hybridized carbons (Fsp3) is 0.300. The Balaban J connectivity index is 2.80. The lowest BCUT2D eigenvalue weighted by Gasteiger charge is -2.06. The Labute approximate surface area is 103 Å². The number of halogens is 2. The zero-order chi connectivity index (χ0) is 13.8. The van der Waals surface area contributed by atoms with Gasteiger partial charge >= 0.3 is 5.97 Å². The highest BCUT2D eigenvalue weighted by atomic mass is 32.2. The molecule has 0 amide bonds. The van der Waals surface area contributed by atoms with Gasteiger partial charge in [-0.05, 0) is 25.1 Å². The van der Waals surface area contributed by atoms with Crippen LogP contribution in [0.3, 0.4) is 0 Å². The molecule has 0 saturated heterocycles. The SMILES string of the molecule is CCOC(=O)CNS(=O)(=O)c1ccc(F)c(F)c1. The molecular weight excluding hydrogens is 268 g/mol. The van der Waals surface area contributed by atoms with Crippen molar-refractivity contribution in [3.05, 3.63) is 29.8 Å². The molecule has 18 heavy (non-hydrogen) atoms. The number of benzene rings is 1. The monoisotopic (exact) mass is 279 g/mol. The van der Waals surface area contributed by atoms with Gasteiger partial charge in [0.15, 0.2) is 11.6 Å². The maximum Gasteiger partial charge on any atom is 0.321 e. The second-order valence-electron chi connectivity index (χ2n) is 3.21. The molecule has 0 fully saturated rings. The van der Waals surface area contributed by atoms with Crippen molar-refractivity contribution in [2.24, 2.45) is 0 Å². The summed E-state index contributed by atoms with van der Waals surface area (Å²) in [6, 6.07) is 2.11. The first-order valence-corrected chi connectivity index (χ1v) is 6.45. The van der Waals surface area contributed by atoms with E-state index in [4.69, 9.17) is 0 Å². The molecule has 1 N–H and O–H groups in total. The molecule has 8 heteroatoms. The van der Waals surface area contributed by atoms with Gasteiger partial charge < -0.3 is 4.74 Å². The lowest BCUT2D eigenvalue weighted by Crippen LogP contribution is -2.30. The molecule has 0 saturated carbocycles. The van der Waals surface area contributed by atoms with Gasteiger partial charge in [-0.15, -0.1) is 0 Å². The molecule has 0 bridgehead atoms. The maximum absolute atomic E-state index is 12.9. The summed E-state index contributed by atoms with van der Waals surface area (Å²) in [6.07, 6.45) is 0. The largest absolute Gasteiger partial charge is 0.465 e. The van der Waals surface area contributed by atoms with Crippen molar-refractivity contribution >= 4 is 16.0 Å². The van der Waals surface area contributed by atoms with Crippen LogP contribution in [0.1, 0.15) is 6.92 Å². The number of carbonyl (C=O) groups excluding carboxylic acids is 1. The summed E-state index contributed by atoms with van der Waals surface area (Å²) in [5.74, 6) is -3.20. The van der Waals surface area contributed by atoms with Gasteiger partial charge in [0.25, 0.3) is 0 Å². The van der Waals surface area contributed by atoms with Gasteiger partial charge in [-0.3, -0.25) is 4.79 Å². The molecule has 0 radical (unpaired) electrons. The highest BCUT2D eigenvalue weighted by Gasteiger charge is 2.17. The molecular formula is C10H11F2NO4S. The normalized spacial score (nSPS) is 11.3. The van der Waals surface area contributed by atoms with Crippen molar-refractivity contribution in [3.63, 3.8) is 0 Å². The van der Waals surface area contributed by atoms with Crippen molar-refractivity contribution < 1.29 is 26.7 Å². The van der Waals surface area contributed by atoms with Crippen LogP contribution in [-0.4, -0.2) is 27.5 Å². The summed E-state index contributed by atoms with van der Waals surface area (Å²) in [5, 5.41) is 0. The van der Waals surface area contributed by atoms with E-state index in [0.29, 0.717) is 12.1 Å². The van der Waals surface area contributed by atoms with Crippen molar-refractivity contribution in [2.75, 3.05) is 13.2 Å². The van der Waals surface area contributed by atoms with Crippen LogP contribution in [0.15, 0.2) is 23.1 Å². The van der Waals surface area contributed by atoms with Gasteiger partial charge in [0.05, 0.1) is 11.5 Å². The number of nitrogens with one attached hydrogen (secondary N) is 1. The molecule has 1 aromatic rings. The van der Waals surface area contributed by atoms with E-state index < -0.39 is 39.1 Å². The minimum absolute atomic E-state index is 0.117. The third-order valence-corrected chi connectivity index (χ3v) is 3.31. The Morgan fingerprint density at radius 2 is 2.00 bits per heavy atom. The van der Waals surface area contributed by atoms with Crippen LogP contribution in [0.2, 0.25) is 0 Å². The van der Waals surface area contributed by atoms with E-state index in [1.54, 1.807) is 6.92 Å². The van der Waals surface area contributed by atoms with Gasteiger partial charge in [0.1, 0.15) is 6.54 Å². The predicted molar refractivity (Wildman–Crippen MR) is 58.2 cm³/mol. The number of sulfonamides is 1. The molecule has 100 valence electrons. The van der Waals surface area contributed by atoms with Gasteiger partial charge in [-0.2, -0.15) is 4.72 Å². The van der Waals surface area contributed by atoms with Gasteiger partial charge in [-0.1, -0.05) is 0 Å². The van der Waals surface area contributed by atoms with E-state index in [2.05, 4.69) is 4.74 Å². The van der Waals surface area contributed by atoms with E-state index >= 15 is 0 Å². The summed E-state index contributed by atoms with van der Waals surface area (Å²) in [4.78, 5) is 10.5. The average molecular weight is 279 g/mol. The van der Waals surface area contributed by atoms with E-state index in [9.17, 15) is 22.0 Å². The smallest absolute Gasteiger partial charge is 0.321 e. The molecule has 0 aliphatic heterocycles. The number of carbonyl (C=O) groups is 1. The van der Waals surface area contributed by atoms with Crippen LogP contribution in [0, 0.1) is 11.6 Å². The van der Waals surface area contributed by atoms with Crippen molar-refractivity contribution in [3.8, 4) is 0 Å². The van der Waals surface area contributed by atoms with Crippen molar-refractivity contribution in [1.29, 1.82) is 0 Å². The summed E-state index contributed by atoms with van der Waals surface area (Å²) in [5.41, 5.74) is 0. The Morgan fingerprint density at radius 1 is 1.33 bits per heavy atom. The molecule has 0 unspecified atom stereocenters.